The van der Waals surface area contributed by atoms with Crippen molar-refractivity contribution in [2.24, 2.45) is 0 Å². The fraction of sp³-hybridized carbons (Fsp3) is 0.0750. The van der Waals surface area contributed by atoms with Crippen molar-refractivity contribution in [1.82, 2.24) is 0 Å². The Morgan fingerprint density at radius 3 is 1.00 bits per heavy atom. The fourth-order valence-corrected chi connectivity index (χ4v) is 19.4. The van der Waals surface area contributed by atoms with Crippen LogP contribution >= 0.6 is 23.5 Å². The molecule has 0 aromatic heterocycles. The highest BCUT2D eigenvalue weighted by atomic mass is 32.2. The van der Waals surface area contributed by atoms with Gasteiger partial charge in [0.1, 0.15) is 0 Å². The van der Waals surface area contributed by atoms with Gasteiger partial charge in [0, 0.05) is 87.2 Å². The van der Waals surface area contributed by atoms with E-state index < -0.39 is 16.1 Å². The summed E-state index contributed by atoms with van der Waals surface area (Å²) in [4.78, 5) is 15.4. The van der Waals surface area contributed by atoms with Gasteiger partial charge >= 0.3 is 0 Å². The number of hydrogen-bond donors (Lipinski definition) is 0. The Morgan fingerprint density at radius 2 is 0.644 bits per heavy atom. The molecule has 13 aromatic carbocycles. The maximum absolute atomic E-state index is 2.68. The molecular weight excluding hydrogens is 1160 g/mol. The van der Waals surface area contributed by atoms with E-state index >= 15 is 0 Å². The lowest BCUT2D eigenvalue weighted by molar-refractivity contribution is 1.25. The molecule has 4 aliphatic heterocycles. The average Bonchev–Trinajstić information content (AvgIpc) is 0.694. The first-order valence-corrected chi connectivity index (χ1v) is 40.1. The molecule has 0 radical (unpaired) electrons. The van der Waals surface area contributed by atoms with Crippen LogP contribution in [-0.4, -0.2) is 29.6 Å². The topological polar surface area (TPSA) is 13.0 Å². The molecule has 0 unspecified atom stereocenters. The van der Waals surface area contributed by atoms with Gasteiger partial charge in [-0.25, -0.2) is 0 Å². The van der Waals surface area contributed by atoms with Crippen molar-refractivity contribution in [2.45, 2.75) is 58.9 Å². The predicted molar refractivity (Wildman–Crippen MR) is 397 cm³/mol. The van der Waals surface area contributed by atoms with Crippen molar-refractivity contribution in [3.8, 4) is 0 Å². The lowest BCUT2D eigenvalue weighted by Crippen LogP contribution is -2.64. The van der Waals surface area contributed by atoms with Gasteiger partial charge in [0.2, 0.25) is 13.4 Å². The first kappa shape index (κ1) is 55.0. The molecule has 0 saturated heterocycles. The van der Waals surface area contributed by atoms with E-state index in [1.165, 1.54) is 107 Å². The Labute approximate surface area is 539 Å². The fourth-order valence-electron chi connectivity index (χ4n) is 14.7. The maximum Gasteiger partial charge on any atom is 0.249 e. The highest BCUT2D eigenvalue weighted by Crippen LogP contribution is 2.51. The van der Waals surface area contributed by atoms with E-state index in [9.17, 15) is 0 Å². The van der Waals surface area contributed by atoms with Crippen molar-refractivity contribution in [1.29, 1.82) is 0 Å². The maximum atomic E-state index is 2.68. The molecule has 90 heavy (non-hydrogen) atoms. The Balaban J connectivity index is 0.960. The van der Waals surface area contributed by atoms with Crippen molar-refractivity contribution in [3.05, 3.63) is 279 Å². The second-order valence-corrected chi connectivity index (χ2v) is 38.8. The highest BCUT2D eigenvalue weighted by molar-refractivity contribution is 8.00. The average molecular weight is 1220 g/mol. The first-order chi connectivity index (χ1) is 43.9. The Morgan fingerprint density at radius 1 is 0.300 bits per heavy atom. The van der Waals surface area contributed by atoms with E-state index in [-0.39, 0.29) is 13.4 Å². The van der Waals surface area contributed by atoms with Gasteiger partial charge in [-0.05, 0) is 160 Å². The van der Waals surface area contributed by atoms with E-state index in [0.717, 1.165) is 45.5 Å². The van der Waals surface area contributed by atoms with Gasteiger partial charge in [-0.3, -0.25) is 0 Å². The number of benzene rings is 13. The summed E-state index contributed by atoms with van der Waals surface area (Å²) in [5.74, 6) is 0. The molecule has 0 aliphatic carbocycles. The number of hydrogen-bond acceptors (Lipinski definition) is 6. The lowest BCUT2D eigenvalue weighted by atomic mass is 9.31. The Kier molecular flexibility index (Phi) is 13.0. The van der Waals surface area contributed by atoms with Crippen LogP contribution in [0, 0.1) is 0 Å². The molecule has 0 saturated carbocycles. The van der Waals surface area contributed by atoms with Crippen LogP contribution in [0.25, 0.3) is 21.5 Å². The summed E-state index contributed by atoms with van der Waals surface area (Å²) in [7, 11) is -3.36. The van der Waals surface area contributed by atoms with Crippen molar-refractivity contribution in [3.63, 3.8) is 0 Å². The van der Waals surface area contributed by atoms with Crippen LogP contribution in [-0.2, 0) is 0 Å². The van der Waals surface area contributed by atoms with Crippen LogP contribution < -0.4 is 62.7 Å². The van der Waals surface area contributed by atoms with Gasteiger partial charge in [0.15, 0.2) is 0 Å². The summed E-state index contributed by atoms with van der Waals surface area (Å²) in [5.41, 5.74) is 22.1. The normalized spacial score (nSPS) is 13.5. The molecule has 4 nitrogen and oxygen atoms in total. The zero-order valence-electron chi connectivity index (χ0n) is 51.3. The van der Waals surface area contributed by atoms with Crippen LogP contribution in [0.15, 0.2) is 299 Å². The molecule has 0 amide bonds. The minimum atomic E-state index is -1.68. The third-order valence-corrected chi connectivity index (χ3v) is 25.4. The van der Waals surface area contributed by atoms with Crippen molar-refractivity contribution >= 4 is 186 Å². The van der Waals surface area contributed by atoms with Crippen molar-refractivity contribution < 1.29 is 0 Å². The summed E-state index contributed by atoms with van der Waals surface area (Å²) in [6, 6.07) is 106. The molecule has 0 fully saturated rings. The summed E-state index contributed by atoms with van der Waals surface area (Å²) < 4.78 is 0. The van der Waals surface area contributed by atoms with Crippen LogP contribution in [0.2, 0.25) is 39.3 Å². The van der Waals surface area contributed by atoms with E-state index in [1.54, 1.807) is 0 Å². The number of anilines is 12. The van der Waals surface area contributed by atoms with Gasteiger partial charge in [-0.15, -0.1) is 0 Å². The van der Waals surface area contributed by atoms with Crippen LogP contribution in [0.5, 0.6) is 0 Å². The number of rotatable bonds is 10. The summed E-state index contributed by atoms with van der Waals surface area (Å²) in [6.07, 6.45) is 0. The quantitative estimate of drug-likeness (QED) is 0.126. The van der Waals surface area contributed by atoms with Gasteiger partial charge in [-0.2, -0.15) is 0 Å². The van der Waals surface area contributed by atoms with E-state index in [1.807, 2.05) is 23.5 Å². The summed E-state index contributed by atoms with van der Waals surface area (Å²) in [5, 5.41) is 7.77. The molecule has 0 N–H and O–H groups in total. The van der Waals surface area contributed by atoms with Crippen molar-refractivity contribution in [2.75, 3.05) is 19.6 Å². The summed E-state index contributed by atoms with van der Waals surface area (Å²) >= 11 is 3.86. The summed E-state index contributed by atoms with van der Waals surface area (Å²) in [6.45, 7) is 14.7. The zero-order valence-corrected chi connectivity index (χ0v) is 55.0. The Hall–Kier alpha value is -9.16. The monoisotopic (exact) mass is 1220 g/mol. The molecule has 10 heteroatoms. The molecule has 17 rings (SSSR count). The molecule has 4 heterocycles. The zero-order chi connectivity index (χ0) is 60.6. The molecule has 0 bridgehead atoms. The lowest BCUT2D eigenvalue weighted by Gasteiger charge is -2.45. The minimum absolute atomic E-state index is 0.0368. The second-order valence-electron chi connectivity index (χ2n) is 26.5. The van der Waals surface area contributed by atoms with E-state index in [4.69, 9.17) is 0 Å². The van der Waals surface area contributed by atoms with Gasteiger partial charge in [0.25, 0.3) is 0 Å². The SMILES string of the molecule is C[Si](C)(C)c1ccc(N2c3cc4c(cc3B3c5ccccc5Sc5cc6cc(N(c7ccccc7)c7ccccc7)ccc6c2c53)B2c3ccccc3Sc3cc5cc(N(c6ccccc6)c6ccccc6)ccc5c(c32)N4c2ccc([Si](C)(C)C)cc2)cc1. The number of fused-ring (bicyclic) bond motifs is 12. The predicted octanol–water partition coefficient (Wildman–Crippen LogP) is 17.6. The third-order valence-electron chi connectivity index (χ3n) is 19.0. The minimum Gasteiger partial charge on any atom is -0.311 e. The second kappa shape index (κ2) is 21.2. The number of nitrogens with zero attached hydrogens (tertiary/aromatic N) is 4. The standard InChI is InChI=1S/C80H64B2N4S2Si2/c1-89(2,3)63-41-35-59(36-42-63)85-71-52-72-70(51-69(71)81-67-31-19-21-33-73(67)87-75-49-53-47-61(39-45-65(53)79(85)77(75)81)83(55-23-11-7-12-24-55)56-25-13-8-14-26-56)82-68-32-20-22-34-74(68)88-76-50-54-48-62(84(57-27-15-9-16-28-57)58-29-17-10-18-30-58)40-46-66(54)80(78(76)82)86(72)60-37-43-64(44-38-60)90(4,5)6/h7-52H,1-6H3. The number of para-hydroxylation sites is 4. The smallest absolute Gasteiger partial charge is 0.249 e. The van der Waals surface area contributed by atoms with Crippen LogP contribution in [0.4, 0.5) is 68.2 Å². The molecular formula is C80H64B2N4S2Si2. The third kappa shape index (κ3) is 8.97. The first-order valence-electron chi connectivity index (χ1n) is 31.5. The van der Waals surface area contributed by atoms with Gasteiger partial charge < -0.3 is 19.6 Å². The Bertz CT molecular complexity index is 4610. The molecule has 13 aromatic rings. The van der Waals surface area contributed by atoms with Crippen LogP contribution in [0.3, 0.4) is 0 Å². The van der Waals surface area contributed by atoms with Gasteiger partial charge in [-0.1, -0.05) is 236 Å². The molecule has 0 atom stereocenters. The molecule has 4 aliphatic rings. The molecule has 430 valence electrons. The van der Waals surface area contributed by atoms with E-state index in [0.29, 0.717) is 0 Å². The largest absolute Gasteiger partial charge is 0.311 e. The highest BCUT2D eigenvalue weighted by Gasteiger charge is 2.47. The molecule has 0 spiro atoms. The van der Waals surface area contributed by atoms with Crippen LogP contribution in [0.1, 0.15) is 0 Å². The van der Waals surface area contributed by atoms with E-state index in [2.05, 4.69) is 338 Å². The van der Waals surface area contributed by atoms with Gasteiger partial charge in [0.05, 0.1) is 27.5 Å².